The van der Waals surface area contributed by atoms with Crippen LogP contribution in [0.15, 0.2) is 18.2 Å². The summed E-state index contributed by atoms with van der Waals surface area (Å²) in [4.78, 5) is 0. The molecule has 0 spiro atoms. The van der Waals surface area contributed by atoms with Gasteiger partial charge in [0.2, 0.25) is 0 Å². The molecule has 1 aliphatic carbocycles. The maximum atomic E-state index is 5.66. The summed E-state index contributed by atoms with van der Waals surface area (Å²) in [5.74, 6) is 1.80. The van der Waals surface area contributed by atoms with Gasteiger partial charge in [0.1, 0.15) is 13.2 Å². The fourth-order valence-electron chi connectivity index (χ4n) is 2.75. The Kier molecular flexibility index (Phi) is 4.39. The van der Waals surface area contributed by atoms with Gasteiger partial charge in [0.15, 0.2) is 11.5 Å². The molecule has 0 bridgehead atoms. The van der Waals surface area contributed by atoms with E-state index >= 15 is 0 Å². The minimum absolute atomic E-state index is 0.384. The molecule has 1 N–H and O–H groups in total. The van der Waals surface area contributed by atoms with E-state index in [2.05, 4.69) is 31.3 Å². The summed E-state index contributed by atoms with van der Waals surface area (Å²) in [5, 5.41) is 3.62. The smallest absolute Gasteiger partial charge is 0.161 e. The molecular weight excluding hydrogens is 262 g/mol. The van der Waals surface area contributed by atoms with E-state index in [4.69, 9.17) is 9.47 Å². The first-order valence-corrected chi connectivity index (χ1v) is 8.24. The number of fused-ring (bicyclic) bond motifs is 1. The highest BCUT2D eigenvalue weighted by atomic mass is 16.6. The molecule has 3 heteroatoms. The monoisotopic (exact) mass is 289 g/mol. The Morgan fingerprint density at radius 1 is 1.10 bits per heavy atom. The topological polar surface area (TPSA) is 30.5 Å². The van der Waals surface area contributed by atoms with Gasteiger partial charge in [-0.1, -0.05) is 19.9 Å². The standard InChI is InChI=1S/C18H27NO2/c1-18(2,9-10-19-15-4-5-15)8-7-14-3-6-16-17(13-14)21-12-11-20-16/h3,6,13,15,19H,4-5,7-12H2,1-2H3. The largest absolute Gasteiger partial charge is 0.486 e. The maximum absolute atomic E-state index is 5.66. The molecule has 1 aromatic rings. The zero-order valence-electron chi connectivity index (χ0n) is 13.3. The van der Waals surface area contributed by atoms with E-state index in [0.29, 0.717) is 18.6 Å². The third-order valence-electron chi connectivity index (χ3n) is 4.51. The average Bonchev–Trinajstić information content (AvgIpc) is 3.29. The van der Waals surface area contributed by atoms with Crippen molar-refractivity contribution in [2.75, 3.05) is 19.8 Å². The molecule has 0 saturated heterocycles. The second-order valence-corrected chi connectivity index (χ2v) is 7.12. The van der Waals surface area contributed by atoms with E-state index in [0.717, 1.165) is 30.5 Å². The summed E-state index contributed by atoms with van der Waals surface area (Å²) in [6, 6.07) is 7.18. The Morgan fingerprint density at radius 2 is 1.86 bits per heavy atom. The van der Waals surface area contributed by atoms with Crippen molar-refractivity contribution < 1.29 is 9.47 Å². The van der Waals surface area contributed by atoms with E-state index in [1.54, 1.807) is 0 Å². The number of aryl methyl sites for hydroxylation is 1. The Labute approximate surface area is 128 Å². The summed E-state index contributed by atoms with van der Waals surface area (Å²) in [7, 11) is 0. The summed E-state index contributed by atoms with van der Waals surface area (Å²) in [5.41, 5.74) is 1.73. The molecule has 1 aliphatic heterocycles. The minimum atomic E-state index is 0.384. The first-order chi connectivity index (χ1) is 10.1. The van der Waals surface area contributed by atoms with Gasteiger partial charge in [0.25, 0.3) is 0 Å². The van der Waals surface area contributed by atoms with Crippen LogP contribution in [0.5, 0.6) is 11.5 Å². The lowest BCUT2D eigenvalue weighted by molar-refractivity contribution is 0.171. The highest BCUT2D eigenvalue weighted by Crippen LogP contribution is 2.33. The van der Waals surface area contributed by atoms with E-state index in [-0.39, 0.29) is 0 Å². The molecule has 1 heterocycles. The van der Waals surface area contributed by atoms with Crippen molar-refractivity contribution in [3.8, 4) is 11.5 Å². The molecule has 3 rings (SSSR count). The second kappa shape index (κ2) is 6.27. The van der Waals surface area contributed by atoms with E-state index in [1.165, 1.54) is 31.2 Å². The molecule has 2 aliphatic rings. The van der Waals surface area contributed by atoms with Crippen LogP contribution in [0.3, 0.4) is 0 Å². The van der Waals surface area contributed by atoms with Gasteiger partial charge in [-0.15, -0.1) is 0 Å². The van der Waals surface area contributed by atoms with Crippen molar-refractivity contribution in [1.82, 2.24) is 5.32 Å². The Bertz CT molecular complexity index is 480. The number of rotatable bonds is 7. The third kappa shape index (κ3) is 4.37. The van der Waals surface area contributed by atoms with Crippen molar-refractivity contribution >= 4 is 0 Å². The van der Waals surface area contributed by atoms with Crippen molar-refractivity contribution in [3.05, 3.63) is 23.8 Å². The Balaban J connectivity index is 1.48. The lowest BCUT2D eigenvalue weighted by Gasteiger charge is -2.25. The summed E-state index contributed by atoms with van der Waals surface area (Å²) >= 11 is 0. The molecule has 0 aromatic heterocycles. The van der Waals surface area contributed by atoms with Crippen LogP contribution in [-0.2, 0) is 6.42 Å². The lowest BCUT2D eigenvalue weighted by atomic mass is 9.83. The predicted molar refractivity (Wildman–Crippen MR) is 85.2 cm³/mol. The molecular formula is C18H27NO2. The molecule has 1 aromatic carbocycles. The van der Waals surface area contributed by atoms with Crippen LogP contribution in [0.4, 0.5) is 0 Å². The summed E-state index contributed by atoms with van der Waals surface area (Å²) in [6.07, 6.45) is 6.30. The number of nitrogens with one attached hydrogen (secondary N) is 1. The van der Waals surface area contributed by atoms with E-state index < -0.39 is 0 Å². The molecule has 1 fully saturated rings. The first-order valence-electron chi connectivity index (χ1n) is 8.24. The molecule has 0 atom stereocenters. The summed E-state index contributed by atoms with van der Waals surface area (Å²) < 4.78 is 11.2. The molecule has 21 heavy (non-hydrogen) atoms. The Morgan fingerprint density at radius 3 is 2.62 bits per heavy atom. The Hall–Kier alpha value is -1.22. The van der Waals surface area contributed by atoms with Gasteiger partial charge >= 0.3 is 0 Å². The van der Waals surface area contributed by atoms with Crippen LogP contribution in [0.2, 0.25) is 0 Å². The zero-order valence-corrected chi connectivity index (χ0v) is 13.3. The van der Waals surface area contributed by atoms with Crippen molar-refractivity contribution in [2.45, 2.75) is 52.0 Å². The maximum Gasteiger partial charge on any atom is 0.161 e. The quantitative estimate of drug-likeness (QED) is 0.832. The molecule has 1 saturated carbocycles. The number of benzene rings is 1. The van der Waals surface area contributed by atoms with Crippen molar-refractivity contribution in [3.63, 3.8) is 0 Å². The van der Waals surface area contributed by atoms with Crippen LogP contribution in [0.25, 0.3) is 0 Å². The fraction of sp³-hybridized carbons (Fsp3) is 0.667. The molecule has 0 amide bonds. The van der Waals surface area contributed by atoms with Gasteiger partial charge in [-0.05, 0) is 61.8 Å². The number of ether oxygens (including phenoxy) is 2. The van der Waals surface area contributed by atoms with Crippen LogP contribution < -0.4 is 14.8 Å². The summed E-state index contributed by atoms with van der Waals surface area (Å²) in [6.45, 7) is 7.22. The van der Waals surface area contributed by atoms with Gasteiger partial charge in [-0.25, -0.2) is 0 Å². The average molecular weight is 289 g/mol. The van der Waals surface area contributed by atoms with Gasteiger partial charge in [0.05, 0.1) is 0 Å². The van der Waals surface area contributed by atoms with Crippen LogP contribution in [-0.4, -0.2) is 25.8 Å². The predicted octanol–water partition coefficient (Wildman–Crippen LogP) is 3.56. The SMILES string of the molecule is CC(C)(CCNC1CC1)CCc1ccc2c(c1)OCCO2. The molecule has 0 unspecified atom stereocenters. The fourth-order valence-corrected chi connectivity index (χ4v) is 2.75. The van der Waals surface area contributed by atoms with Gasteiger partial charge < -0.3 is 14.8 Å². The number of hydrogen-bond donors (Lipinski definition) is 1. The van der Waals surface area contributed by atoms with E-state index in [9.17, 15) is 0 Å². The van der Waals surface area contributed by atoms with E-state index in [1.807, 2.05) is 6.07 Å². The third-order valence-corrected chi connectivity index (χ3v) is 4.51. The van der Waals surface area contributed by atoms with Gasteiger partial charge in [-0.3, -0.25) is 0 Å². The number of hydrogen-bond acceptors (Lipinski definition) is 3. The highest BCUT2D eigenvalue weighted by molar-refractivity contribution is 5.43. The molecule has 116 valence electrons. The molecule has 0 radical (unpaired) electrons. The van der Waals surface area contributed by atoms with Crippen LogP contribution >= 0.6 is 0 Å². The first kappa shape index (κ1) is 14.7. The normalized spacial score (nSPS) is 17.8. The van der Waals surface area contributed by atoms with Gasteiger partial charge in [-0.2, -0.15) is 0 Å². The van der Waals surface area contributed by atoms with Gasteiger partial charge in [0, 0.05) is 6.04 Å². The second-order valence-electron chi connectivity index (χ2n) is 7.12. The molecule has 3 nitrogen and oxygen atoms in total. The van der Waals surface area contributed by atoms with Crippen molar-refractivity contribution in [1.29, 1.82) is 0 Å². The zero-order chi connectivity index (χ0) is 14.7. The highest BCUT2D eigenvalue weighted by Gasteiger charge is 2.23. The van der Waals surface area contributed by atoms with Crippen LogP contribution in [0, 0.1) is 5.41 Å². The van der Waals surface area contributed by atoms with Crippen molar-refractivity contribution in [2.24, 2.45) is 5.41 Å². The van der Waals surface area contributed by atoms with Crippen LogP contribution in [0.1, 0.15) is 45.1 Å². The lowest BCUT2D eigenvalue weighted by Crippen LogP contribution is -2.24. The minimum Gasteiger partial charge on any atom is -0.486 e.